The zero-order chi connectivity index (χ0) is 16.1. The molecule has 1 fully saturated rings. The van der Waals surface area contributed by atoms with Gasteiger partial charge in [0.2, 0.25) is 0 Å². The van der Waals surface area contributed by atoms with E-state index in [0.717, 1.165) is 41.6 Å². The first-order chi connectivity index (χ1) is 11.2. The molecule has 0 aliphatic carbocycles. The molecule has 1 aliphatic rings. The minimum Gasteiger partial charge on any atom is -0.349 e. The molecule has 3 rings (SSSR count). The van der Waals surface area contributed by atoms with E-state index in [-0.39, 0.29) is 11.9 Å². The van der Waals surface area contributed by atoms with Crippen LogP contribution in [0.5, 0.6) is 0 Å². The third kappa shape index (κ3) is 4.54. The molecule has 1 amide bonds. The summed E-state index contributed by atoms with van der Waals surface area (Å²) in [6.45, 7) is 3.07. The van der Waals surface area contributed by atoms with E-state index in [1.165, 1.54) is 5.56 Å². The van der Waals surface area contributed by atoms with Crippen LogP contribution >= 0.6 is 22.6 Å². The average molecular weight is 417 g/mol. The molecule has 2 aromatic carbocycles. The topological polar surface area (TPSA) is 32.3 Å². The van der Waals surface area contributed by atoms with Crippen LogP contribution in [0.4, 0.5) is 0 Å². The summed E-state index contributed by atoms with van der Waals surface area (Å²) >= 11 is 2.22. The lowest BCUT2D eigenvalue weighted by atomic mass is 10.0. The molecule has 3 nitrogen and oxygen atoms in total. The second kappa shape index (κ2) is 7.93. The number of piperidine rings is 1. The molecule has 1 heterocycles. The Morgan fingerprint density at radius 2 is 1.70 bits per heavy atom. The Bertz CT molecular complexity index is 651. The van der Waals surface area contributed by atoms with E-state index in [4.69, 9.17) is 0 Å². The van der Waals surface area contributed by atoms with Gasteiger partial charge in [0.25, 0.3) is 5.91 Å². The van der Waals surface area contributed by atoms with E-state index >= 15 is 0 Å². The molecule has 1 N–H and O–H groups in total. The van der Waals surface area contributed by atoms with Gasteiger partial charge in [-0.1, -0.05) is 42.5 Å². The smallest absolute Gasteiger partial charge is 0.252 e. The lowest BCUT2D eigenvalue weighted by molar-refractivity contribution is 0.0908. The molecule has 23 heavy (non-hydrogen) atoms. The average Bonchev–Trinajstić information content (AvgIpc) is 2.58. The number of carbonyl (C=O) groups is 1. The van der Waals surface area contributed by atoms with Crippen molar-refractivity contribution < 1.29 is 4.79 Å². The lowest BCUT2D eigenvalue weighted by Gasteiger charge is -2.32. The van der Waals surface area contributed by atoms with Gasteiger partial charge in [-0.2, -0.15) is 0 Å². The SMILES string of the molecule is O=C(NC1CCN(Cc2ccccc2)CC1)c1ccccc1[124I]. The lowest BCUT2D eigenvalue weighted by Crippen LogP contribution is -2.44. The van der Waals surface area contributed by atoms with Crippen molar-refractivity contribution in [3.8, 4) is 0 Å². The summed E-state index contributed by atoms with van der Waals surface area (Å²) in [4.78, 5) is 14.8. The number of carbonyl (C=O) groups excluding carboxylic acids is 1. The highest BCUT2D eigenvalue weighted by Crippen LogP contribution is 2.16. The first-order valence-electron chi connectivity index (χ1n) is 8.04. The van der Waals surface area contributed by atoms with Gasteiger partial charge in [0.05, 0.1) is 5.56 Å². The van der Waals surface area contributed by atoms with Gasteiger partial charge in [0.15, 0.2) is 0 Å². The number of likely N-dealkylation sites (tertiary alicyclic amines) is 1. The highest BCUT2D eigenvalue weighted by atomic mass is 124. The van der Waals surface area contributed by atoms with Crippen LogP contribution in [0, 0.1) is 3.57 Å². The van der Waals surface area contributed by atoms with Gasteiger partial charge in [-0.3, -0.25) is 9.69 Å². The predicted molar refractivity (Wildman–Crippen MR) is 101 cm³/mol. The maximum atomic E-state index is 12.4. The molecular weight excluding hydrogens is 396 g/mol. The first kappa shape index (κ1) is 16.5. The summed E-state index contributed by atoms with van der Waals surface area (Å²) in [5.74, 6) is 0.0523. The Hall–Kier alpha value is -1.40. The first-order valence-corrected chi connectivity index (χ1v) is 9.12. The summed E-state index contributed by atoms with van der Waals surface area (Å²) in [7, 11) is 0. The van der Waals surface area contributed by atoms with E-state index in [1.807, 2.05) is 24.3 Å². The fraction of sp³-hybridized carbons (Fsp3) is 0.316. The number of halogens is 1. The Labute approximate surface area is 151 Å². The van der Waals surface area contributed by atoms with Gasteiger partial charge in [-0.25, -0.2) is 0 Å². The van der Waals surface area contributed by atoms with Crippen LogP contribution in [-0.4, -0.2) is 29.9 Å². The summed E-state index contributed by atoms with van der Waals surface area (Å²) in [6.07, 6.45) is 2.03. The van der Waals surface area contributed by atoms with Crippen molar-refractivity contribution in [3.05, 3.63) is 69.3 Å². The highest BCUT2D eigenvalue weighted by Gasteiger charge is 2.21. The van der Waals surface area contributed by atoms with Gasteiger partial charge >= 0.3 is 0 Å². The molecule has 0 atom stereocenters. The molecule has 120 valence electrons. The molecule has 0 aromatic heterocycles. The minimum absolute atomic E-state index is 0.0523. The summed E-state index contributed by atoms with van der Waals surface area (Å²) < 4.78 is 1.00. The molecule has 0 unspecified atom stereocenters. The maximum Gasteiger partial charge on any atom is 0.252 e. The van der Waals surface area contributed by atoms with Gasteiger partial charge in [0.1, 0.15) is 0 Å². The van der Waals surface area contributed by atoms with Crippen molar-refractivity contribution in [2.45, 2.75) is 25.4 Å². The van der Waals surface area contributed by atoms with Crippen LogP contribution < -0.4 is 5.32 Å². The fourth-order valence-electron chi connectivity index (χ4n) is 2.99. The van der Waals surface area contributed by atoms with Crippen molar-refractivity contribution in [2.75, 3.05) is 13.1 Å². The highest BCUT2D eigenvalue weighted by molar-refractivity contribution is 14.1. The second-order valence-electron chi connectivity index (χ2n) is 5.99. The quantitative estimate of drug-likeness (QED) is 0.770. The maximum absolute atomic E-state index is 12.4. The van der Waals surface area contributed by atoms with Crippen molar-refractivity contribution in [3.63, 3.8) is 0 Å². The van der Waals surface area contributed by atoms with Crippen LogP contribution in [0.15, 0.2) is 54.6 Å². The molecule has 0 saturated carbocycles. The monoisotopic (exact) mass is 417 g/mol. The largest absolute Gasteiger partial charge is 0.349 e. The third-order valence-corrected chi connectivity index (χ3v) is 5.23. The summed E-state index contributed by atoms with van der Waals surface area (Å²) in [5, 5.41) is 3.19. The zero-order valence-electron chi connectivity index (χ0n) is 13.0. The van der Waals surface area contributed by atoms with E-state index in [2.05, 4.69) is 63.1 Å². The van der Waals surface area contributed by atoms with E-state index < -0.39 is 0 Å². The van der Waals surface area contributed by atoms with Crippen LogP contribution in [-0.2, 0) is 6.54 Å². The van der Waals surface area contributed by atoms with Crippen molar-refractivity contribution in [2.24, 2.45) is 0 Å². The molecule has 2 aromatic rings. The van der Waals surface area contributed by atoms with E-state index in [0.29, 0.717) is 0 Å². The Kier molecular flexibility index (Phi) is 5.67. The number of benzene rings is 2. The molecule has 1 aliphatic heterocycles. The van der Waals surface area contributed by atoms with Crippen molar-refractivity contribution >= 4 is 28.5 Å². The number of hydrogen-bond acceptors (Lipinski definition) is 2. The Morgan fingerprint density at radius 1 is 1.04 bits per heavy atom. The van der Waals surface area contributed by atoms with E-state index in [9.17, 15) is 4.79 Å². The fourth-order valence-corrected chi connectivity index (χ4v) is 3.62. The molecular formula is C19H21IN2O. The molecule has 4 heteroatoms. The minimum atomic E-state index is 0.0523. The number of nitrogens with one attached hydrogen (secondary N) is 1. The number of nitrogens with zero attached hydrogens (tertiary/aromatic N) is 1. The van der Waals surface area contributed by atoms with Gasteiger partial charge in [-0.05, 0) is 53.1 Å². The molecule has 1 saturated heterocycles. The summed E-state index contributed by atoms with van der Waals surface area (Å²) in [6, 6.07) is 18.6. The Balaban J connectivity index is 1.49. The molecule has 0 spiro atoms. The predicted octanol–water partition coefficient (Wildman–Crippen LogP) is 3.69. The van der Waals surface area contributed by atoms with Crippen molar-refractivity contribution in [1.82, 2.24) is 10.2 Å². The normalized spacial score (nSPS) is 16.2. The number of amides is 1. The van der Waals surface area contributed by atoms with Crippen LogP contribution in [0.2, 0.25) is 0 Å². The van der Waals surface area contributed by atoms with E-state index in [1.54, 1.807) is 0 Å². The number of rotatable bonds is 4. The van der Waals surface area contributed by atoms with Gasteiger partial charge in [-0.15, -0.1) is 0 Å². The Morgan fingerprint density at radius 3 is 2.39 bits per heavy atom. The van der Waals surface area contributed by atoms with Crippen LogP contribution in [0.3, 0.4) is 0 Å². The van der Waals surface area contributed by atoms with Crippen molar-refractivity contribution in [1.29, 1.82) is 0 Å². The van der Waals surface area contributed by atoms with Crippen LogP contribution in [0.25, 0.3) is 0 Å². The summed E-state index contributed by atoms with van der Waals surface area (Å²) in [5.41, 5.74) is 2.13. The second-order valence-corrected chi connectivity index (χ2v) is 7.15. The van der Waals surface area contributed by atoms with Gasteiger partial charge < -0.3 is 5.32 Å². The number of hydrogen-bond donors (Lipinski definition) is 1. The zero-order valence-corrected chi connectivity index (χ0v) is 15.2. The van der Waals surface area contributed by atoms with Gasteiger partial charge in [0, 0.05) is 29.2 Å². The standard InChI is InChI=1S/C19H21IN2O/c20-18-9-5-4-8-17(18)19(23)21-16-10-12-22(13-11-16)14-15-6-2-1-3-7-15/h1-9,16H,10-14H2,(H,21,23)/i20-3. The molecule has 0 radical (unpaired) electrons. The third-order valence-electron chi connectivity index (χ3n) is 4.29. The van der Waals surface area contributed by atoms with Crippen LogP contribution in [0.1, 0.15) is 28.8 Å². The molecule has 0 bridgehead atoms.